The Hall–Kier alpha value is -2.17. The van der Waals surface area contributed by atoms with Gasteiger partial charge in [-0.15, -0.1) is 0 Å². The highest BCUT2D eigenvalue weighted by molar-refractivity contribution is 5.70. The van der Waals surface area contributed by atoms with E-state index in [-0.39, 0.29) is 18.7 Å². The van der Waals surface area contributed by atoms with Gasteiger partial charge in [0.2, 0.25) is 0 Å². The van der Waals surface area contributed by atoms with Gasteiger partial charge in [-0.1, -0.05) is 74.5 Å². The molecule has 1 fully saturated rings. The molecule has 3 rings (SSSR count). The van der Waals surface area contributed by atoms with E-state index < -0.39 is 0 Å². The number of carbonyl (C=O) groups excluding carboxylic acids is 1. The summed E-state index contributed by atoms with van der Waals surface area (Å²) in [5.74, 6) is 0.102. The number of esters is 1. The minimum Gasteiger partial charge on any atom is -0.464 e. The first-order valence-electron chi connectivity index (χ1n) is 11.2. The molecule has 0 radical (unpaired) electrons. The highest BCUT2D eigenvalue weighted by Crippen LogP contribution is 2.27. The predicted octanol–water partition coefficient (Wildman–Crippen LogP) is 5.22. The van der Waals surface area contributed by atoms with Gasteiger partial charge in [0.15, 0.2) is 0 Å². The zero-order chi connectivity index (χ0) is 21.2. The largest absolute Gasteiger partial charge is 0.464 e. The Labute approximate surface area is 181 Å². The maximum atomic E-state index is 11.8. The molecule has 1 aliphatic carbocycles. The van der Waals surface area contributed by atoms with Crippen molar-refractivity contribution in [1.82, 2.24) is 4.90 Å². The zero-order valence-electron chi connectivity index (χ0n) is 18.3. The van der Waals surface area contributed by atoms with Gasteiger partial charge in [-0.3, -0.25) is 4.90 Å². The normalized spacial score (nSPS) is 19.2. The lowest BCUT2D eigenvalue weighted by Gasteiger charge is -2.37. The van der Waals surface area contributed by atoms with Crippen LogP contribution in [0.15, 0.2) is 60.7 Å². The first-order valence-corrected chi connectivity index (χ1v) is 11.2. The van der Waals surface area contributed by atoms with Gasteiger partial charge in [0.05, 0.1) is 12.7 Å². The Bertz CT molecular complexity index is 698. The van der Waals surface area contributed by atoms with E-state index in [2.05, 4.69) is 65.6 Å². The van der Waals surface area contributed by atoms with Crippen LogP contribution in [0.1, 0.15) is 50.7 Å². The van der Waals surface area contributed by atoms with Crippen molar-refractivity contribution in [3.63, 3.8) is 0 Å². The van der Waals surface area contributed by atoms with E-state index in [4.69, 9.17) is 9.47 Å². The van der Waals surface area contributed by atoms with Crippen molar-refractivity contribution < 1.29 is 14.3 Å². The summed E-state index contributed by atoms with van der Waals surface area (Å²) in [6.07, 6.45) is 4.31. The Morgan fingerprint density at radius 1 is 0.900 bits per heavy atom. The third kappa shape index (κ3) is 7.58. The van der Waals surface area contributed by atoms with Crippen LogP contribution in [0.4, 0.5) is 0 Å². The number of carbonyl (C=O) groups is 1. The van der Waals surface area contributed by atoms with E-state index in [1.807, 2.05) is 13.8 Å². The summed E-state index contributed by atoms with van der Waals surface area (Å²) in [4.78, 5) is 14.4. The lowest BCUT2D eigenvalue weighted by molar-refractivity contribution is -0.153. The summed E-state index contributed by atoms with van der Waals surface area (Å²) >= 11 is 0. The third-order valence-corrected chi connectivity index (χ3v) is 5.63. The number of nitrogens with zero attached hydrogens (tertiary/aromatic N) is 1. The number of hydrogen-bond acceptors (Lipinski definition) is 4. The summed E-state index contributed by atoms with van der Waals surface area (Å²) in [5, 5.41) is 0. The molecule has 4 heteroatoms. The number of ether oxygens (including phenoxy) is 2. The fourth-order valence-electron chi connectivity index (χ4n) is 4.01. The maximum Gasteiger partial charge on any atom is 0.332 e. The van der Waals surface area contributed by atoms with Crippen LogP contribution in [0.5, 0.6) is 0 Å². The Morgan fingerprint density at radius 2 is 1.43 bits per heavy atom. The van der Waals surface area contributed by atoms with Gasteiger partial charge in [0, 0.05) is 19.1 Å². The second-order valence-corrected chi connectivity index (χ2v) is 8.69. The quantitative estimate of drug-likeness (QED) is 0.505. The van der Waals surface area contributed by atoms with Crippen molar-refractivity contribution in [3.05, 3.63) is 71.8 Å². The highest BCUT2D eigenvalue weighted by Gasteiger charge is 2.27. The molecule has 0 atom stereocenters. The van der Waals surface area contributed by atoms with Gasteiger partial charge in [0.25, 0.3) is 0 Å². The van der Waals surface area contributed by atoms with Crippen LogP contribution < -0.4 is 0 Å². The molecule has 0 aromatic heterocycles. The van der Waals surface area contributed by atoms with E-state index in [0.717, 1.165) is 38.8 Å². The molecule has 0 heterocycles. The minimum absolute atomic E-state index is 0.0692. The number of rotatable bonds is 10. The molecule has 2 aromatic rings. The summed E-state index contributed by atoms with van der Waals surface area (Å²) in [6, 6.07) is 21.9. The van der Waals surface area contributed by atoms with Crippen LogP contribution in [-0.2, 0) is 27.4 Å². The fourth-order valence-corrected chi connectivity index (χ4v) is 4.01. The first kappa shape index (κ1) is 22.5. The molecule has 4 nitrogen and oxygen atoms in total. The zero-order valence-corrected chi connectivity index (χ0v) is 18.3. The van der Waals surface area contributed by atoms with E-state index in [1.54, 1.807) is 0 Å². The molecule has 162 valence electrons. The van der Waals surface area contributed by atoms with Crippen LogP contribution in [0.3, 0.4) is 0 Å². The molecule has 0 amide bonds. The van der Waals surface area contributed by atoms with Crippen molar-refractivity contribution in [2.24, 2.45) is 5.92 Å². The molecule has 0 unspecified atom stereocenters. The molecule has 0 spiro atoms. The Balaban J connectivity index is 1.52. The topological polar surface area (TPSA) is 38.8 Å². The van der Waals surface area contributed by atoms with Gasteiger partial charge in [-0.2, -0.15) is 0 Å². The smallest absolute Gasteiger partial charge is 0.332 e. The number of benzene rings is 2. The van der Waals surface area contributed by atoms with Gasteiger partial charge in [-0.05, 0) is 42.7 Å². The molecule has 0 N–H and O–H groups in total. The van der Waals surface area contributed by atoms with E-state index in [9.17, 15) is 4.79 Å². The average Bonchev–Trinajstić information content (AvgIpc) is 2.77. The maximum absolute atomic E-state index is 11.8. The molecular formula is C26H35NO3. The average molecular weight is 410 g/mol. The summed E-state index contributed by atoms with van der Waals surface area (Å²) in [6.45, 7) is 6.50. The van der Waals surface area contributed by atoms with Crippen LogP contribution in [0, 0.1) is 5.92 Å². The fraction of sp³-hybridized carbons (Fsp3) is 0.500. The minimum atomic E-state index is -0.249. The lowest BCUT2D eigenvalue weighted by atomic mass is 9.91. The molecule has 0 bridgehead atoms. The highest BCUT2D eigenvalue weighted by atomic mass is 16.6. The Morgan fingerprint density at radius 3 is 1.93 bits per heavy atom. The molecule has 0 saturated heterocycles. The molecule has 1 saturated carbocycles. The van der Waals surface area contributed by atoms with Crippen molar-refractivity contribution in [2.75, 3.05) is 13.2 Å². The van der Waals surface area contributed by atoms with E-state index in [0.29, 0.717) is 18.6 Å². The lowest BCUT2D eigenvalue weighted by Crippen LogP contribution is -2.39. The molecule has 30 heavy (non-hydrogen) atoms. The summed E-state index contributed by atoms with van der Waals surface area (Å²) < 4.78 is 11.1. The SMILES string of the molecule is CC(C)COC(=O)CO[C@H]1CC[C@H](N(Cc2ccccc2)Cc2ccccc2)CC1. The number of hydrogen-bond donors (Lipinski definition) is 0. The van der Waals surface area contributed by atoms with Crippen LogP contribution in [0.2, 0.25) is 0 Å². The summed E-state index contributed by atoms with van der Waals surface area (Å²) in [5.41, 5.74) is 2.69. The van der Waals surface area contributed by atoms with Crippen LogP contribution >= 0.6 is 0 Å². The monoisotopic (exact) mass is 409 g/mol. The van der Waals surface area contributed by atoms with Gasteiger partial charge < -0.3 is 9.47 Å². The molecule has 2 aromatic carbocycles. The van der Waals surface area contributed by atoms with E-state index >= 15 is 0 Å². The molecule has 0 aliphatic heterocycles. The third-order valence-electron chi connectivity index (χ3n) is 5.63. The van der Waals surface area contributed by atoms with Crippen molar-refractivity contribution in [2.45, 2.75) is 64.8 Å². The van der Waals surface area contributed by atoms with Crippen LogP contribution in [0.25, 0.3) is 0 Å². The van der Waals surface area contributed by atoms with Gasteiger partial charge in [0.1, 0.15) is 6.61 Å². The standard InChI is InChI=1S/C26H35NO3/c1-21(2)19-30-26(28)20-29-25-15-13-24(14-16-25)27(17-22-9-5-3-6-10-22)18-23-11-7-4-8-12-23/h3-12,21,24-25H,13-20H2,1-2H3/t24-,25-. The van der Waals surface area contributed by atoms with Gasteiger partial charge in [-0.25, -0.2) is 4.79 Å². The molecular weight excluding hydrogens is 374 g/mol. The predicted molar refractivity (Wildman–Crippen MR) is 120 cm³/mol. The second kappa shape index (κ2) is 11.9. The van der Waals surface area contributed by atoms with Crippen LogP contribution in [-0.4, -0.2) is 36.2 Å². The second-order valence-electron chi connectivity index (χ2n) is 8.69. The van der Waals surface area contributed by atoms with Crippen molar-refractivity contribution in [1.29, 1.82) is 0 Å². The van der Waals surface area contributed by atoms with E-state index in [1.165, 1.54) is 11.1 Å². The van der Waals surface area contributed by atoms with Gasteiger partial charge >= 0.3 is 5.97 Å². The first-order chi connectivity index (χ1) is 14.6. The summed E-state index contributed by atoms with van der Waals surface area (Å²) in [7, 11) is 0. The van der Waals surface area contributed by atoms with Crippen molar-refractivity contribution in [3.8, 4) is 0 Å². The molecule has 1 aliphatic rings. The Kier molecular flexibility index (Phi) is 8.91. The van der Waals surface area contributed by atoms with Crippen molar-refractivity contribution >= 4 is 5.97 Å².